The highest BCUT2D eigenvalue weighted by Gasteiger charge is 2.39. The molecule has 120 valence electrons. The number of ketones is 2. The zero-order valence-corrected chi connectivity index (χ0v) is 13.2. The van der Waals surface area contributed by atoms with Gasteiger partial charge in [0.1, 0.15) is 11.9 Å². The van der Waals surface area contributed by atoms with E-state index in [0.29, 0.717) is 18.4 Å². The molecule has 0 fully saturated rings. The summed E-state index contributed by atoms with van der Waals surface area (Å²) in [5, 5.41) is 10.00. The van der Waals surface area contributed by atoms with Crippen LogP contribution in [0.2, 0.25) is 0 Å². The number of carbonyl (C=O) groups excluding carboxylic acids is 2. The fourth-order valence-electron chi connectivity index (χ4n) is 3.33. The van der Waals surface area contributed by atoms with Crippen LogP contribution >= 0.6 is 0 Å². The first-order valence-corrected chi connectivity index (χ1v) is 7.94. The van der Waals surface area contributed by atoms with Gasteiger partial charge in [-0.2, -0.15) is 0 Å². The van der Waals surface area contributed by atoms with E-state index in [0.717, 1.165) is 11.1 Å². The van der Waals surface area contributed by atoms with Crippen LogP contribution in [0.4, 0.5) is 0 Å². The zero-order valence-electron chi connectivity index (χ0n) is 13.2. The summed E-state index contributed by atoms with van der Waals surface area (Å²) >= 11 is 0. The Morgan fingerprint density at radius 1 is 1.04 bits per heavy atom. The minimum atomic E-state index is -0.408. The van der Waals surface area contributed by atoms with Crippen molar-refractivity contribution < 1.29 is 19.4 Å². The lowest BCUT2D eigenvalue weighted by molar-refractivity contribution is 0.0617. The molecule has 0 radical (unpaired) electrons. The highest BCUT2D eigenvalue weighted by atomic mass is 16.5. The smallest absolute Gasteiger partial charge is 0.232 e. The Labute approximate surface area is 139 Å². The van der Waals surface area contributed by atoms with Crippen LogP contribution in [-0.2, 0) is 4.74 Å². The van der Waals surface area contributed by atoms with Crippen molar-refractivity contribution in [3.05, 3.63) is 76.1 Å². The van der Waals surface area contributed by atoms with Gasteiger partial charge in [-0.05, 0) is 31.4 Å². The molecule has 4 rings (SSSR count). The van der Waals surface area contributed by atoms with E-state index in [-0.39, 0.29) is 34.5 Å². The summed E-state index contributed by atoms with van der Waals surface area (Å²) in [5.74, 6) is -0.725. The Balaban J connectivity index is 1.74. The van der Waals surface area contributed by atoms with Gasteiger partial charge >= 0.3 is 0 Å². The maximum atomic E-state index is 12.8. The van der Waals surface area contributed by atoms with Crippen LogP contribution in [0.5, 0.6) is 5.75 Å². The molecule has 1 heterocycles. The predicted molar refractivity (Wildman–Crippen MR) is 88.0 cm³/mol. The van der Waals surface area contributed by atoms with Crippen LogP contribution in [0, 0.1) is 6.92 Å². The summed E-state index contributed by atoms with van der Waals surface area (Å²) in [7, 11) is 0. The molecule has 0 amide bonds. The molecule has 2 aliphatic rings. The number of phenolic OH excluding ortho intramolecular Hbond substituents is 1. The molecule has 1 N–H and O–H groups in total. The second-order valence-corrected chi connectivity index (χ2v) is 6.22. The third-order valence-corrected chi connectivity index (χ3v) is 4.63. The number of benzene rings is 2. The number of Topliss-reactive ketones (excluding diaryl/α,β-unsaturated/α-hetero) is 2. The van der Waals surface area contributed by atoms with E-state index in [1.807, 2.05) is 31.2 Å². The molecular weight excluding hydrogens is 304 g/mol. The molecule has 2 aromatic carbocycles. The normalized spacial score (nSPS) is 19.6. The summed E-state index contributed by atoms with van der Waals surface area (Å²) < 4.78 is 5.91. The third-order valence-electron chi connectivity index (χ3n) is 4.63. The lowest BCUT2D eigenvalue weighted by Gasteiger charge is -2.30. The van der Waals surface area contributed by atoms with Crippen molar-refractivity contribution in [3.8, 4) is 5.75 Å². The lowest BCUT2D eigenvalue weighted by atomic mass is 9.83. The number of phenols is 1. The predicted octanol–water partition coefficient (Wildman–Crippen LogP) is 3.89. The number of carbonyl (C=O) groups is 2. The number of rotatable bonds is 1. The Morgan fingerprint density at radius 2 is 1.79 bits per heavy atom. The number of aromatic hydroxyl groups is 1. The van der Waals surface area contributed by atoms with Crippen molar-refractivity contribution in [2.45, 2.75) is 25.9 Å². The molecule has 2 aromatic rings. The summed E-state index contributed by atoms with van der Waals surface area (Å²) in [6.07, 6.45) is 0.885. The summed E-state index contributed by atoms with van der Waals surface area (Å²) in [6.45, 7) is 2.01. The average molecular weight is 320 g/mol. The van der Waals surface area contributed by atoms with Gasteiger partial charge in [-0.1, -0.05) is 42.0 Å². The number of allylic oxidation sites excluding steroid dienone is 2. The molecule has 24 heavy (non-hydrogen) atoms. The van der Waals surface area contributed by atoms with Crippen LogP contribution in [0.25, 0.3) is 0 Å². The van der Waals surface area contributed by atoms with E-state index in [1.54, 1.807) is 12.1 Å². The summed E-state index contributed by atoms with van der Waals surface area (Å²) in [5.41, 5.74) is 2.86. The van der Waals surface area contributed by atoms with E-state index in [2.05, 4.69) is 0 Å². The first kappa shape index (κ1) is 14.7. The van der Waals surface area contributed by atoms with Crippen molar-refractivity contribution in [2.24, 2.45) is 0 Å². The largest absolute Gasteiger partial charge is 0.507 e. The standard InChI is InChI=1S/C20H16O4/c1-11-5-7-12(8-6-11)16-10-9-14-18(22)13-3-2-4-15(21)17(13)19(23)20(14)24-16/h2-8,16,21H,9-10H2,1H3. The number of fused-ring (bicyclic) bond motifs is 1. The van der Waals surface area contributed by atoms with Crippen molar-refractivity contribution >= 4 is 11.6 Å². The molecular formula is C20H16O4. The fraction of sp³-hybridized carbons (Fsp3) is 0.200. The molecule has 1 aliphatic carbocycles. The van der Waals surface area contributed by atoms with Gasteiger partial charge in [-0.25, -0.2) is 0 Å². The molecule has 0 aromatic heterocycles. The van der Waals surface area contributed by atoms with Crippen molar-refractivity contribution in [1.29, 1.82) is 0 Å². The molecule has 0 saturated carbocycles. The summed E-state index contributed by atoms with van der Waals surface area (Å²) in [4.78, 5) is 25.4. The average Bonchev–Trinajstić information content (AvgIpc) is 2.60. The summed E-state index contributed by atoms with van der Waals surface area (Å²) in [6, 6.07) is 12.5. The van der Waals surface area contributed by atoms with Gasteiger partial charge in [0.25, 0.3) is 0 Å². The van der Waals surface area contributed by atoms with Crippen molar-refractivity contribution in [1.82, 2.24) is 0 Å². The maximum absolute atomic E-state index is 12.8. The minimum absolute atomic E-state index is 0.0470. The maximum Gasteiger partial charge on any atom is 0.232 e. The van der Waals surface area contributed by atoms with Gasteiger partial charge in [-0.15, -0.1) is 0 Å². The number of aryl methyl sites for hydroxylation is 1. The first-order chi connectivity index (χ1) is 11.6. The quantitative estimate of drug-likeness (QED) is 0.866. The number of hydrogen-bond acceptors (Lipinski definition) is 4. The number of ether oxygens (including phenoxy) is 1. The Hall–Kier alpha value is -2.88. The second kappa shape index (κ2) is 5.34. The van der Waals surface area contributed by atoms with Crippen LogP contribution in [0.15, 0.2) is 53.8 Å². The van der Waals surface area contributed by atoms with E-state index < -0.39 is 5.78 Å². The first-order valence-electron chi connectivity index (χ1n) is 7.94. The van der Waals surface area contributed by atoms with E-state index in [4.69, 9.17) is 4.74 Å². The zero-order chi connectivity index (χ0) is 16.8. The molecule has 0 bridgehead atoms. The second-order valence-electron chi connectivity index (χ2n) is 6.22. The van der Waals surface area contributed by atoms with E-state index in [9.17, 15) is 14.7 Å². The van der Waals surface area contributed by atoms with Crippen LogP contribution in [-0.4, -0.2) is 16.7 Å². The molecule has 0 spiro atoms. The highest BCUT2D eigenvalue weighted by molar-refractivity contribution is 6.27. The van der Waals surface area contributed by atoms with Crippen molar-refractivity contribution in [3.63, 3.8) is 0 Å². The van der Waals surface area contributed by atoms with Crippen molar-refractivity contribution in [2.75, 3.05) is 0 Å². The lowest BCUT2D eigenvalue weighted by Crippen LogP contribution is -2.28. The molecule has 1 unspecified atom stereocenters. The number of hydrogen-bond donors (Lipinski definition) is 1. The minimum Gasteiger partial charge on any atom is -0.507 e. The van der Waals surface area contributed by atoms with E-state index in [1.165, 1.54) is 6.07 Å². The van der Waals surface area contributed by atoms with Crippen LogP contribution < -0.4 is 0 Å². The molecule has 1 aliphatic heterocycles. The highest BCUT2D eigenvalue weighted by Crippen LogP contribution is 2.41. The van der Waals surface area contributed by atoms with Gasteiger partial charge < -0.3 is 9.84 Å². The SMILES string of the molecule is Cc1ccc(C2CCC3=C(O2)C(=O)c2c(O)cccc2C3=O)cc1. The molecule has 4 heteroatoms. The van der Waals surface area contributed by atoms with Crippen LogP contribution in [0.3, 0.4) is 0 Å². The Kier molecular flexibility index (Phi) is 3.27. The van der Waals surface area contributed by atoms with Gasteiger partial charge in [0, 0.05) is 11.1 Å². The third kappa shape index (κ3) is 2.14. The molecule has 0 saturated heterocycles. The van der Waals surface area contributed by atoms with E-state index >= 15 is 0 Å². The Bertz CT molecular complexity index is 890. The monoisotopic (exact) mass is 320 g/mol. The fourth-order valence-corrected chi connectivity index (χ4v) is 3.33. The van der Waals surface area contributed by atoms with Gasteiger partial charge in [0.05, 0.1) is 5.56 Å². The van der Waals surface area contributed by atoms with Gasteiger partial charge in [0.2, 0.25) is 5.78 Å². The Morgan fingerprint density at radius 3 is 2.54 bits per heavy atom. The van der Waals surface area contributed by atoms with Crippen LogP contribution in [0.1, 0.15) is 50.8 Å². The molecule has 1 atom stereocenters. The van der Waals surface area contributed by atoms with Gasteiger partial charge in [0.15, 0.2) is 11.5 Å². The topological polar surface area (TPSA) is 63.6 Å². The van der Waals surface area contributed by atoms with Gasteiger partial charge in [-0.3, -0.25) is 9.59 Å². The molecule has 4 nitrogen and oxygen atoms in total.